The van der Waals surface area contributed by atoms with Crippen LogP contribution in [0.4, 0.5) is 5.69 Å². The van der Waals surface area contributed by atoms with Crippen molar-refractivity contribution < 1.29 is 9.90 Å². The van der Waals surface area contributed by atoms with Crippen molar-refractivity contribution in [3.63, 3.8) is 0 Å². The number of halogens is 1. The van der Waals surface area contributed by atoms with Crippen LogP contribution in [0.25, 0.3) is 0 Å². The van der Waals surface area contributed by atoms with Gasteiger partial charge in [-0.05, 0) is 40.0 Å². The largest absolute Gasteiger partial charge is 0.480 e. The fourth-order valence-corrected chi connectivity index (χ4v) is 1.88. The van der Waals surface area contributed by atoms with Gasteiger partial charge in [0.15, 0.2) is 0 Å². The first-order valence-electron chi connectivity index (χ1n) is 5.14. The van der Waals surface area contributed by atoms with E-state index in [0.717, 1.165) is 0 Å². The predicted octanol–water partition coefficient (Wildman–Crippen LogP) is 2.84. The molecule has 0 aliphatic heterocycles. The van der Waals surface area contributed by atoms with Crippen LogP contribution in [0.5, 0.6) is 0 Å². The van der Waals surface area contributed by atoms with Gasteiger partial charge in [-0.3, -0.25) is 0 Å². The Morgan fingerprint density at radius 2 is 2.18 bits per heavy atom. The third-order valence-corrected chi connectivity index (χ3v) is 3.00. The fourth-order valence-electron chi connectivity index (χ4n) is 1.38. The molecule has 0 saturated heterocycles. The quantitative estimate of drug-likeness (QED) is 0.896. The van der Waals surface area contributed by atoms with Crippen molar-refractivity contribution in [1.29, 1.82) is 5.26 Å². The van der Waals surface area contributed by atoms with Gasteiger partial charge in [0.05, 0.1) is 11.6 Å². The Balaban J connectivity index is 2.95. The van der Waals surface area contributed by atoms with Crippen LogP contribution in [0.15, 0.2) is 22.7 Å². The number of aliphatic carboxylic acids is 1. The summed E-state index contributed by atoms with van der Waals surface area (Å²) < 4.78 is 0.684. The molecule has 0 fully saturated rings. The van der Waals surface area contributed by atoms with Crippen LogP contribution in [0.1, 0.15) is 19.4 Å². The van der Waals surface area contributed by atoms with E-state index in [1.807, 2.05) is 19.9 Å². The number of carbonyl (C=O) groups is 1. The number of nitriles is 1. The lowest BCUT2D eigenvalue weighted by Crippen LogP contribution is -2.34. The van der Waals surface area contributed by atoms with Gasteiger partial charge in [-0.15, -0.1) is 0 Å². The normalized spacial score (nSPS) is 11.9. The molecule has 1 atom stereocenters. The number of nitrogens with one attached hydrogen (secondary N) is 1. The number of hydrogen-bond acceptors (Lipinski definition) is 3. The van der Waals surface area contributed by atoms with Crippen molar-refractivity contribution in [2.45, 2.75) is 19.9 Å². The van der Waals surface area contributed by atoms with Gasteiger partial charge in [0.25, 0.3) is 0 Å². The lowest BCUT2D eigenvalue weighted by Gasteiger charge is -2.20. The number of anilines is 1. The SMILES string of the molecule is CC(C)C(Nc1ccc(C#N)cc1Br)C(=O)O. The number of rotatable bonds is 4. The number of carboxylic acids is 1. The maximum absolute atomic E-state index is 11.0. The molecule has 0 aromatic heterocycles. The topological polar surface area (TPSA) is 73.1 Å². The van der Waals surface area contributed by atoms with E-state index in [1.54, 1.807) is 18.2 Å². The standard InChI is InChI=1S/C12H13BrN2O2/c1-7(2)11(12(16)17)15-10-4-3-8(6-14)5-9(10)13/h3-5,7,11,15H,1-2H3,(H,16,17). The molecular weight excluding hydrogens is 284 g/mol. The third-order valence-electron chi connectivity index (χ3n) is 2.34. The summed E-state index contributed by atoms with van der Waals surface area (Å²) in [5, 5.41) is 20.7. The summed E-state index contributed by atoms with van der Waals surface area (Å²) in [6.45, 7) is 3.67. The molecule has 0 bridgehead atoms. The van der Waals surface area contributed by atoms with Crippen molar-refractivity contribution in [3.8, 4) is 6.07 Å². The third kappa shape index (κ3) is 3.46. The molecule has 0 aliphatic rings. The number of benzene rings is 1. The van der Waals surface area contributed by atoms with Crippen LogP contribution in [0.3, 0.4) is 0 Å². The lowest BCUT2D eigenvalue weighted by molar-refractivity contribution is -0.138. The Kier molecular flexibility index (Phi) is 4.53. The second kappa shape index (κ2) is 5.69. The highest BCUT2D eigenvalue weighted by atomic mass is 79.9. The van der Waals surface area contributed by atoms with Gasteiger partial charge < -0.3 is 10.4 Å². The summed E-state index contributed by atoms with van der Waals surface area (Å²) in [7, 11) is 0. The molecule has 5 heteroatoms. The summed E-state index contributed by atoms with van der Waals surface area (Å²) >= 11 is 3.31. The highest BCUT2D eigenvalue weighted by Gasteiger charge is 2.21. The van der Waals surface area contributed by atoms with Crippen molar-refractivity contribution in [2.75, 3.05) is 5.32 Å². The molecule has 0 amide bonds. The minimum absolute atomic E-state index is 0.0324. The first-order valence-corrected chi connectivity index (χ1v) is 5.94. The minimum Gasteiger partial charge on any atom is -0.480 e. The van der Waals surface area contributed by atoms with E-state index in [4.69, 9.17) is 10.4 Å². The highest BCUT2D eigenvalue weighted by Crippen LogP contribution is 2.25. The minimum atomic E-state index is -0.892. The Hall–Kier alpha value is -1.54. The van der Waals surface area contributed by atoms with E-state index >= 15 is 0 Å². The van der Waals surface area contributed by atoms with Crippen LogP contribution >= 0.6 is 15.9 Å². The Morgan fingerprint density at radius 3 is 2.59 bits per heavy atom. The number of carboxylic acid groups (broad SMARTS) is 1. The monoisotopic (exact) mass is 296 g/mol. The van der Waals surface area contributed by atoms with Crippen LogP contribution in [0, 0.1) is 17.2 Å². The van der Waals surface area contributed by atoms with Gasteiger partial charge in [0, 0.05) is 10.2 Å². The molecule has 4 nitrogen and oxygen atoms in total. The van der Waals surface area contributed by atoms with E-state index in [-0.39, 0.29) is 5.92 Å². The van der Waals surface area contributed by atoms with Gasteiger partial charge in [0.1, 0.15) is 6.04 Å². The van der Waals surface area contributed by atoms with E-state index < -0.39 is 12.0 Å². The fraction of sp³-hybridized carbons (Fsp3) is 0.333. The summed E-state index contributed by atoms with van der Waals surface area (Å²) in [4.78, 5) is 11.0. The maximum Gasteiger partial charge on any atom is 0.326 e. The zero-order valence-electron chi connectivity index (χ0n) is 9.57. The van der Waals surface area contributed by atoms with Gasteiger partial charge in [0.2, 0.25) is 0 Å². The maximum atomic E-state index is 11.0. The molecule has 0 radical (unpaired) electrons. The van der Waals surface area contributed by atoms with Crippen LogP contribution < -0.4 is 5.32 Å². The van der Waals surface area contributed by atoms with Crippen molar-refractivity contribution in [3.05, 3.63) is 28.2 Å². The van der Waals surface area contributed by atoms with Crippen molar-refractivity contribution >= 4 is 27.6 Å². The summed E-state index contributed by atoms with van der Waals surface area (Å²) in [6.07, 6.45) is 0. The van der Waals surface area contributed by atoms with Gasteiger partial charge in [-0.1, -0.05) is 13.8 Å². The van der Waals surface area contributed by atoms with E-state index in [1.165, 1.54) is 0 Å². The molecule has 0 saturated carbocycles. The molecule has 0 heterocycles. The number of hydrogen-bond donors (Lipinski definition) is 2. The molecule has 1 aromatic carbocycles. The van der Waals surface area contributed by atoms with Crippen LogP contribution in [-0.4, -0.2) is 17.1 Å². The molecular formula is C12H13BrN2O2. The summed E-state index contributed by atoms with van der Waals surface area (Å²) in [5.41, 5.74) is 1.20. The Bertz CT molecular complexity index is 466. The molecule has 17 heavy (non-hydrogen) atoms. The predicted molar refractivity (Wildman–Crippen MR) is 68.7 cm³/mol. The zero-order chi connectivity index (χ0) is 13.0. The molecule has 1 aromatic rings. The molecule has 1 unspecified atom stereocenters. The van der Waals surface area contributed by atoms with E-state index in [2.05, 4.69) is 21.2 Å². The van der Waals surface area contributed by atoms with Gasteiger partial charge >= 0.3 is 5.97 Å². The average Bonchev–Trinajstić information content (AvgIpc) is 2.26. The highest BCUT2D eigenvalue weighted by molar-refractivity contribution is 9.10. The summed E-state index contributed by atoms with van der Waals surface area (Å²) in [5.74, 6) is -0.925. The smallest absolute Gasteiger partial charge is 0.326 e. The number of nitrogens with zero attached hydrogens (tertiary/aromatic N) is 1. The molecule has 0 spiro atoms. The van der Waals surface area contributed by atoms with Crippen molar-refractivity contribution in [1.82, 2.24) is 0 Å². The second-order valence-electron chi connectivity index (χ2n) is 4.01. The zero-order valence-corrected chi connectivity index (χ0v) is 11.2. The molecule has 90 valence electrons. The molecule has 0 aliphatic carbocycles. The van der Waals surface area contributed by atoms with Gasteiger partial charge in [-0.25, -0.2) is 4.79 Å². The Labute approximate surface area is 108 Å². The van der Waals surface area contributed by atoms with Crippen molar-refractivity contribution in [2.24, 2.45) is 5.92 Å². The van der Waals surface area contributed by atoms with Crippen LogP contribution in [0.2, 0.25) is 0 Å². The second-order valence-corrected chi connectivity index (χ2v) is 4.87. The summed E-state index contributed by atoms with van der Waals surface area (Å²) in [6, 6.07) is 6.36. The van der Waals surface area contributed by atoms with Crippen LogP contribution in [-0.2, 0) is 4.79 Å². The first kappa shape index (κ1) is 13.5. The van der Waals surface area contributed by atoms with E-state index in [9.17, 15) is 4.79 Å². The van der Waals surface area contributed by atoms with E-state index in [0.29, 0.717) is 15.7 Å². The Morgan fingerprint density at radius 1 is 1.53 bits per heavy atom. The average molecular weight is 297 g/mol. The molecule has 1 rings (SSSR count). The first-order chi connectivity index (χ1) is 7.95. The molecule has 2 N–H and O–H groups in total. The lowest BCUT2D eigenvalue weighted by atomic mass is 10.0. The van der Waals surface area contributed by atoms with Gasteiger partial charge in [-0.2, -0.15) is 5.26 Å².